The lowest BCUT2D eigenvalue weighted by atomic mass is 10.00. The number of rotatable bonds is 12. The number of pyridine rings is 1. The quantitative estimate of drug-likeness (QED) is 0.0947. The molecule has 0 radical (unpaired) electrons. The van der Waals surface area contributed by atoms with Crippen LogP contribution in [0.25, 0.3) is 22.0 Å². The summed E-state index contributed by atoms with van der Waals surface area (Å²) in [6.45, 7) is -19.3. The topological polar surface area (TPSA) is 54.8 Å². The van der Waals surface area contributed by atoms with E-state index in [9.17, 15) is 35.0 Å². The fourth-order valence-corrected chi connectivity index (χ4v) is 5.89. The van der Waals surface area contributed by atoms with Gasteiger partial charge in [-0.1, -0.05) is 60.6 Å². The molecule has 6 nitrogen and oxygen atoms in total. The van der Waals surface area contributed by atoms with Crippen molar-refractivity contribution in [3.05, 3.63) is 135 Å². The van der Waals surface area contributed by atoms with E-state index in [4.69, 9.17) is 19.2 Å². The molecule has 1 aromatic heterocycles. The van der Waals surface area contributed by atoms with Crippen LogP contribution < -0.4 is 5.43 Å². The lowest BCUT2D eigenvalue weighted by Gasteiger charge is -2.39. The highest BCUT2D eigenvalue weighted by molar-refractivity contribution is 7.98. The number of hydrogen-bond donors (Lipinski definition) is 0. The standard InChI is InChI=1S/C40H38F5N3O3S/c1-51-22-21-46-19-17-32(18-20-46)47(24-27-9-11-28(12-10-27)29-13-15-31(16-14-29)40(43,44)45)37(50)25-48-35-8-3-2-6-33(35)36(49)23-38(48)52-26-30-5-4-7-34(41)39(30)42/h2-16,23,32H,17-22,24-26H2,1H3/i1D3,2D,3D,6D,8D,17D2,18D2,19D2,20D2,21D2,23D,24D2. The first-order valence-electron chi connectivity index (χ1n) is 25.0. The third-order valence-electron chi connectivity index (χ3n) is 7.45. The molecule has 0 aliphatic carbocycles. The smallest absolute Gasteiger partial charge is 0.383 e. The number of carbonyl (C=O) groups excluding carboxylic acids is 1. The molecular weight excluding hydrogens is 698 g/mol. The molecule has 0 bridgehead atoms. The summed E-state index contributed by atoms with van der Waals surface area (Å²) < 4.78 is 248. The largest absolute Gasteiger partial charge is 0.416 e. The van der Waals surface area contributed by atoms with E-state index in [-0.39, 0.29) is 16.0 Å². The predicted octanol–water partition coefficient (Wildman–Crippen LogP) is 8.40. The Kier molecular flexibility index (Phi) is 6.17. The van der Waals surface area contributed by atoms with E-state index in [0.717, 1.165) is 66.7 Å². The van der Waals surface area contributed by atoms with Gasteiger partial charge in [-0.05, 0) is 59.7 Å². The summed E-state index contributed by atoms with van der Waals surface area (Å²) in [5.74, 6) is -5.32. The first-order valence-corrected chi connectivity index (χ1v) is 16.0. The molecule has 4 aromatic carbocycles. The van der Waals surface area contributed by atoms with Crippen molar-refractivity contribution in [2.45, 2.75) is 48.8 Å². The van der Waals surface area contributed by atoms with E-state index < -0.39 is 168 Å². The molecule has 272 valence electrons. The molecule has 1 aliphatic rings. The van der Waals surface area contributed by atoms with Crippen LogP contribution in [0.15, 0.2) is 107 Å². The summed E-state index contributed by atoms with van der Waals surface area (Å²) in [4.78, 5) is 28.3. The van der Waals surface area contributed by atoms with Gasteiger partial charge >= 0.3 is 6.18 Å². The van der Waals surface area contributed by atoms with Gasteiger partial charge in [-0.2, -0.15) is 13.2 Å². The molecular formula is C40H38F5N3O3S. The number of amides is 1. The molecule has 0 spiro atoms. The van der Waals surface area contributed by atoms with Gasteiger partial charge in [0.15, 0.2) is 17.1 Å². The van der Waals surface area contributed by atoms with Crippen LogP contribution in [0.1, 0.15) is 56.9 Å². The molecule has 2 heterocycles. The predicted molar refractivity (Wildman–Crippen MR) is 193 cm³/mol. The zero-order chi connectivity index (χ0) is 54.4. The second kappa shape index (κ2) is 16.4. The van der Waals surface area contributed by atoms with Crippen molar-refractivity contribution in [1.29, 1.82) is 0 Å². The van der Waals surface area contributed by atoms with Gasteiger partial charge < -0.3 is 19.1 Å². The fraction of sp³-hybridized carbons (Fsp3) is 0.300. The first kappa shape index (κ1) is 19.5. The van der Waals surface area contributed by atoms with Crippen LogP contribution in [0.4, 0.5) is 22.0 Å². The van der Waals surface area contributed by atoms with Gasteiger partial charge in [-0.25, -0.2) is 8.78 Å². The highest BCUT2D eigenvalue weighted by atomic mass is 32.2. The van der Waals surface area contributed by atoms with Gasteiger partial charge in [-0.3, -0.25) is 9.59 Å². The van der Waals surface area contributed by atoms with Crippen molar-refractivity contribution >= 4 is 28.6 Å². The minimum atomic E-state index is -4.72. The molecule has 0 N–H and O–H groups in total. The summed E-state index contributed by atoms with van der Waals surface area (Å²) in [5.41, 5.74) is -4.18. The Balaban J connectivity index is 1.63. The van der Waals surface area contributed by atoms with E-state index >= 15 is 4.79 Å². The number of piperidine rings is 1. The van der Waals surface area contributed by atoms with E-state index in [1.165, 1.54) is 0 Å². The minimum Gasteiger partial charge on any atom is -0.383 e. The highest BCUT2D eigenvalue weighted by Gasteiger charge is 2.31. The number of halogens is 5. The van der Waals surface area contributed by atoms with E-state index in [0.29, 0.717) is 16.3 Å². The monoisotopic (exact) mass is 755 g/mol. The third kappa shape index (κ3) is 8.74. The van der Waals surface area contributed by atoms with Gasteiger partial charge in [0.25, 0.3) is 0 Å². The number of benzene rings is 4. The van der Waals surface area contributed by atoms with Crippen LogP contribution in [-0.2, 0) is 34.5 Å². The Morgan fingerprint density at radius 3 is 2.42 bits per heavy atom. The molecule has 0 saturated carbocycles. The maximum atomic E-state index is 15.4. The summed E-state index contributed by atoms with van der Waals surface area (Å²) in [6.07, 6.45) is -13.2. The number of ether oxygens (including phenoxy) is 1. The molecule has 0 atom stereocenters. The number of para-hydroxylation sites is 1. The Labute approximate surface area is 330 Å². The summed E-state index contributed by atoms with van der Waals surface area (Å²) in [7, 11) is -3.42. The molecule has 1 amide bonds. The SMILES string of the molecule is [2H]c1c([2H])c([2H])c2c(c1[2H])c(=O)c([2H])c(SCc1cccc(F)c1F)n2CC(=O)N(C1C([2H])([2H])C([2H])([2H])N(C([2H])([2H])COC([2H])([2H])[2H])C([2H])([2H])C1([2H])[2H])C([2H])([2H])c1ccc(-c2ccc(C(F)(F)F)cc2)cc1. The third-order valence-corrected chi connectivity index (χ3v) is 8.50. The number of fused-ring (bicyclic) bond motifs is 1. The zero-order valence-electron chi connectivity index (χ0n) is 46.4. The number of nitrogens with zero attached hydrogens (tertiary/aromatic N) is 3. The number of methoxy groups -OCH3 is 1. The molecule has 12 heteroatoms. The maximum Gasteiger partial charge on any atom is 0.416 e. The van der Waals surface area contributed by atoms with Gasteiger partial charge in [0.2, 0.25) is 5.91 Å². The number of likely N-dealkylation sites (tertiary alicyclic amines) is 1. The molecule has 52 heavy (non-hydrogen) atoms. The van der Waals surface area contributed by atoms with Crippen LogP contribution in [0.5, 0.6) is 0 Å². The fourth-order valence-electron chi connectivity index (χ4n) is 4.90. The number of hydrogen-bond acceptors (Lipinski definition) is 5. The van der Waals surface area contributed by atoms with Crippen molar-refractivity contribution in [1.82, 2.24) is 14.4 Å². The Bertz CT molecular complexity index is 2970. The molecule has 6 rings (SSSR count). The average molecular weight is 756 g/mol. The van der Waals surface area contributed by atoms with Crippen molar-refractivity contribution in [2.75, 3.05) is 33.1 Å². The molecule has 0 unspecified atom stereocenters. The van der Waals surface area contributed by atoms with Crippen LogP contribution in [0, 0.1) is 11.6 Å². The maximum absolute atomic E-state index is 15.4. The van der Waals surface area contributed by atoms with Gasteiger partial charge in [0, 0.05) is 75.5 Å². The Morgan fingerprint density at radius 2 is 1.73 bits per heavy atom. The second-order valence-corrected chi connectivity index (χ2v) is 11.8. The van der Waals surface area contributed by atoms with Crippen LogP contribution in [0.2, 0.25) is 0 Å². The number of alkyl halides is 3. The average Bonchev–Trinajstić information content (AvgIpc) is 3.26. The van der Waals surface area contributed by atoms with Gasteiger partial charge in [-0.15, -0.1) is 11.8 Å². The van der Waals surface area contributed by atoms with Crippen LogP contribution >= 0.6 is 11.8 Å². The number of thioether (sulfide) groups is 1. The molecule has 5 aromatic rings. The van der Waals surface area contributed by atoms with Gasteiger partial charge in [0.1, 0.15) is 6.54 Å². The lowest BCUT2D eigenvalue weighted by molar-refractivity contribution is -0.137. The number of carbonyl (C=O) groups is 1. The first-order chi connectivity index (χ1) is 32.8. The second-order valence-electron chi connectivity index (χ2n) is 10.8. The molecule has 1 saturated heterocycles. The highest BCUT2D eigenvalue weighted by Crippen LogP contribution is 2.32. The van der Waals surface area contributed by atoms with Crippen LogP contribution in [0.3, 0.4) is 0 Å². The Hall–Kier alpha value is -4.52. The van der Waals surface area contributed by atoms with Crippen molar-refractivity contribution in [2.24, 2.45) is 0 Å². The van der Waals surface area contributed by atoms with Crippen molar-refractivity contribution in [3.8, 4) is 11.1 Å². The minimum absolute atomic E-state index is 0.113. The van der Waals surface area contributed by atoms with Crippen molar-refractivity contribution in [3.63, 3.8) is 0 Å². The van der Waals surface area contributed by atoms with Crippen molar-refractivity contribution < 1.29 is 58.9 Å². The van der Waals surface area contributed by atoms with E-state index in [2.05, 4.69) is 4.74 Å². The normalized spacial score (nSPS) is 24.5. The lowest BCUT2D eigenvalue weighted by Crippen LogP contribution is -2.48. The zero-order valence-corrected chi connectivity index (χ0v) is 27.2. The summed E-state index contributed by atoms with van der Waals surface area (Å²) >= 11 is 0.327. The molecule has 1 fully saturated rings. The molecule has 1 aliphatic heterocycles. The van der Waals surface area contributed by atoms with Crippen LogP contribution in [-0.4, -0.2) is 59.5 Å². The summed E-state index contributed by atoms with van der Waals surface area (Å²) in [5, 5.41) is -1.69. The Morgan fingerprint density at radius 1 is 1.04 bits per heavy atom. The van der Waals surface area contributed by atoms with E-state index in [1.807, 2.05) is 0 Å². The summed E-state index contributed by atoms with van der Waals surface area (Å²) in [6, 6.07) is 1.85. The van der Waals surface area contributed by atoms with E-state index in [1.54, 1.807) is 0 Å². The van der Waals surface area contributed by atoms with Gasteiger partial charge in [0.05, 0.1) is 36.4 Å². The number of aromatic nitrogens is 1.